The van der Waals surface area contributed by atoms with E-state index in [-0.39, 0.29) is 18.6 Å². The number of carbonyl (C=O) groups is 1. The molecule has 0 saturated heterocycles. The lowest BCUT2D eigenvalue weighted by atomic mass is 10.3. The van der Waals surface area contributed by atoms with E-state index in [1.54, 1.807) is 18.2 Å². The molecule has 19 heavy (non-hydrogen) atoms. The topological polar surface area (TPSA) is 50.4 Å². The Bertz CT molecular complexity index is 405. The van der Waals surface area contributed by atoms with Crippen LogP contribution in [0.3, 0.4) is 0 Å². The van der Waals surface area contributed by atoms with Gasteiger partial charge in [-0.1, -0.05) is 29.3 Å². The van der Waals surface area contributed by atoms with Gasteiger partial charge in [-0.25, -0.2) is 0 Å². The van der Waals surface area contributed by atoms with Gasteiger partial charge in [0.1, 0.15) is 0 Å². The predicted molar refractivity (Wildman–Crippen MR) is 79.0 cm³/mol. The van der Waals surface area contributed by atoms with Crippen molar-refractivity contribution in [2.45, 2.75) is 20.0 Å². The molecule has 1 amide bonds. The number of nitrogens with one attached hydrogen (secondary N) is 2. The van der Waals surface area contributed by atoms with Crippen molar-refractivity contribution < 1.29 is 9.53 Å². The molecule has 0 atom stereocenters. The summed E-state index contributed by atoms with van der Waals surface area (Å²) < 4.78 is 5.34. The second-order valence-electron chi connectivity index (χ2n) is 4.24. The Morgan fingerprint density at radius 1 is 1.32 bits per heavy atom. The lowest BCUT2D eigenvalue weighted by molar-refractivity contribution is -0.115. The van der Waals surface area contributed by atoms with Crippen LogP contribution >= 0.6 is 23.2 Å². The predicted octanol–water partition coefficient (Wildman–Crippen LogP) is 2.95. The summed E-state index contributed by atoms with van der Waals surface area (Å²) in [4.78, 5) is 11.7. The second kappa shape index (κ2) is 8.38. The lowest BCUT2D eigenvalue weighted by Gasteiger charge is -2.10. The van der Waals surface area contributed by atoms with Crippen LogP contribution in [0, 0.1) is 0 Å². The third-order valence-electron chi connectivity index (χ3n) is 2.24. The molecule has 0 heterocycles. The molecule has 1 aromatic carbocycles. The van der Waals surface area contributed by atoms with E-state index >= 15 is 0 Å². The third kappa shape index (κ3) is 6.25. The van der Waals surface area contributed by atoms with Crippen LogP contribution in [0.4, 0.5) is 5.69 Å². The molecule has 4 nitrogen and oxygen atoms in total. The molecule has 2 N–H and O–H groups in total. The molecule has 106 valence electrons. The fraction of sp³-hybridized carbons (Fsp3) is 0.462. The fourth-order valence-corrected chi connectivity index (χ4v) is 1.86. The smallest absolute Gasteiger partial charge is 0.238 e. The number of rotatable bonds is 7. The van der Waals surface area contributed by atoms with Crippen LogP contribution in [0.5, 0.6) is 0 Å². The van der Waals surface area contributed by atoms with Crippen LogP contribution in [-0.2, 0) is 9.53 Å². The van der Waals surface area contributed by atoms with E-state index in [1.807, 2.05) is 13.8 Å². The number of para-hydroxylation sites is 1. The standard InChI is InChI=1S/C13H18Cl2N2O2/c1-9(2)19-7-6-16-8-12(18)17-13-10(14)4-3-5-11(13)15/h3-5,9,16H,6-8H2,1-2H3,(H,17,18). The van der Waals surface area contributed by atoms with Gasteiger partial charge in [0.25, 0.3) is 0 Å². The van der Waals surface area contributed by atoms with Crippen molar-refractivity contribution in [2.75, 3.05) is 25.0 Å². The van der Waals surface area contributed by atoms with E-state index in [0.717, 1.165) is 0 Å². The average Bonchev–Trinajstić information content (AvgIpc) is 2.33. The largest absolute Gasteiger partial charge is 0.377 e. The Morgan fingerprint density at radius 3 is 2.53 bits per heavy atom. The Kier molecular flexibility index (Phi) is 7.16. The number of anilines is 1. The van der Waals surface area contributed by atoms with Crippen LogP contribution in [-0.4, -0.2) is 31.7 Å². The normalized spacial score (nSPS) is 10.8. The number of halogens is 2. The maximum absolute atomic E-state index is 11.7. The highest BCUT2D eigenvalue weighted by Gasteiger charge is 2.08. The molecule has 0 saturated carbocycles. The van der Waals surface area contributed by atoms with Crippen molar-refractivity contribution in [3.05, 3.63) is 28.2 Å². The molecule has 0 aliphatic rings. The highest BCUT2D eigenvalue weighted by molar-refractivity contribution is 6.39. The molecule has 6 heteroatoms. The van der Waals surface area contributed by atoms with E-state index in [2.05, 4.69) is 10.6 Å². The highest BCUT2D eigenvalue weighted by atomic mass is 35.5. The van der Waals surface area contributed by atoms with E-state index in [9.17, 15) is 4.79 Å². The van der Waals surface area contributed by atoms with Gasteiger partial charge in [-0.15, -0.1) is 0 Å². The number of ether oxygens (including phenoxy) is 1. The summed E-state index contributed by atoms with van der Waals surface area (Å²) in [6, 6.07) is 5.07. The summed E-state index contributed by atoms with van der Waals surface area (Å²) in [7, 11) is 0. The maximum atomic E-state index is 11.7. The fourth-order valence-electron chi connectivity index (χ4n) is 1.37. The minimum atomic E-state index is -0.195. The number of hydrogen-bond donors (Lipinski definition) is 2. The van der Waals surface area contributed by atoms with Gasteiger partial charge in [-0.05, 0) is 26.0 Å². The summed E-state index contributed by atoms with van der Waals surface area (Å²) in [5.74, 6) is -0.195. The van der Waals surface area contributed by atoms with Gasteiger partial charge < -0.3 is 15.4 Å². The molecule has 1 aromatic rings. The molecular formula is C13H18Cl2N2O2. The molecule has 0 spiro atoms. The van der Waals surface area contributed by atoms with Crippen molar-refractivity contribution in [2.24, 2.45) is 0 Å². The lowest BCUT2D eigenvalue weighted by Crippen LogP contribution is -2.31. The number of carbonyl (C=O) groups excluding carboxylic acids is 1. The summed E-state index contributed by atoms with van der Waals surface area (Å²) in [6.45, 7) is 5.29. The van der Waals surface area contributed by atoms with Gasteiger partial charge in [0.15, 0.2) is 0 Å². The SMILES string of the molecule is CC(C)OCCNCC(=O)Nc1c(Cl)cccc1Cl. The molecule has 0 aliphatic heterocycles. The molecule has 1 rings (SSSR count). The first-order valence-electron chi connectivity index (χ1n) is 6.07. The van der Waals surface area contributed by atoms with Gasteiger partial charge >= 0.3 is 0 Å². The minimum absolute atomic E-state index is 0.184. The van der Waals surface area contributed by atoms with Gasteiger partial charge in [0, 0.05) is 6.54 Å². The van der Waals surface area contributed by atoms with Crippen molar-refractivity contribution in [3.8, 4) is 0 Å². The number of benzene rings is 1. The van der Waals surface area contributed by atoms with Gasteiger partial charge in [-0.3, -0.25) is 4.79 Å². The first kappa shape index (κ1) is 16.2. The zero-order valence-corrected chi connectivity index (χ0v) is 12.5. The first-order valence-corrected chi connectivity index (χ1v) is 6.82. The zero-order valence-electron chi connectivity index (χ0n) is 11.0. The molecule has 0 aromatic heterocycles. The second-order valence-corrected chi connectivity index (χ2v) is 5.06. The van der Waals surface area contributed by atoms with Crippen LogP contribution in [0.15, 0.2) is 18.2 Å². The van der Waals surface area contributed by atoms with Crippen molar-refractivity contribution in [1.82, 2.24) is 5.32 Å². The summed E-state index contributed by atoms with van der Waals surface area (Å²) in [5, 5.41) is 6.49. The average molecular weight is 305 g/mol. The Balaban J connectivity index is 2.32. The molecule has 0 unspecified atom stereocenters. The van der Waals surface area contributed by atoms with E-state index in [4.69, 9.17) is 27.9 Å². The molecular weight excluding hydrogens is 287 g/mol. The maximum Gasteiger partial charge on any atom is 0.238 e. The van der Waals surface area contributed by atoms with Crippen molar-refractivity contribution in [3.63, 3.8) is 0 Å². The van der Waals surface area contributed by atoms with Crippen LogP contribution < -0.4 is 10.6 Å². The summed E-state index contributed by atoms with van der Waals surface area (Å²) in [5.41, 5.74) is 0.441. The van der Waals surface area contributed by atoms with Crippen LogP contribution in [0.25, 0.3) is 0 Å². The Hall–Kier alpha value is -0.810. The number of amides is 1. The molecule has 0 bridgehead atoms. The van der Waals surface area contributed by atoms with Crippen LogP contribution in [0.1, 0.15) is 13.8 Å². The monoisotopic (exact) mass is 304 g/mol. The third-order valence-corrected chi connectivity index (χ3v) is 2.87. The quantitative estimate of drug-likeness (QED) is 0.762. The first-order chi connectivity index (χ1) is 9.00. The Labute approximate surface area is 123 Å². The molecule has 0 aliphatic carbocycles. The number of hydrogen-bond acceptors (Lipinski definition) is 3. The van der Waals surface area contributed by atoms with Crippen LogP contribution in [0.2, 0.25) is 10.0 Å². The van der Waals surface area contributed by atoms with Crippen molar-refractivity contribution >= 4 is 34.8 Å². The van der Waals surface area contributed by atoms with Gasteiger partial charge in [0.05, 0.1) is 35.0 Å². The van der Waals surface area contributed by atoms with Gasteiger partial charge in [0.2, 0.25) is 5.91 Å². The van der Waals surface area contributed by atoms with E-state index < -0.39 is 0 Å². The van der Waals surface area contributed by atoms with Gasteiger partial charge in [-0.2, -0.15) is 0 Å². The minimum Gasteiger partial charge on any atom is -0.377 e. The summed E-state index contributed by atoms with van der Waals surface area (Å²) >= 11 is 11.9. The van der Waals surface area contributed by atoms with E-state index in [1.165, 1.54) is 0 Å². The summed E-state index contributed by atoms with van der Waals surface area (Å²) in [6.07, 6.45) is 0.192. The zero-order chi connectivity index (χ0) is 14.3. The molecule has 0 radical (unpaired) electrons. The van der Waals surface area contributed by atoms with E-state index in [0.29, 0.717) is 28.9 Å². The Morgan fingerprint density at radius 2 is 1.95 bits per heavy atom. The van der Waals surface area contributed by atoms with Crippen molar-refractivity contribution in [1.29, 1.82) is 0 Å². The highest BCUT2D eigenvalue weighted by Crippen LogP contribution is 2.29. The molecule has 0 fully saturated rings.